The number of benzene rings is 7. The molecule has 0 aliphatic carbocycles. The Morgan fingerprint density at radius 3 is 1.07 bits per heavy atom. The van der Waals surface area contributed by atoms with Crippen LogP contribution >= 0.6 is 0 Å². The van der Waals surface area contributed by atoms with Crippen LogP contribution in [-0.2, 0) is 0 Å². The van der Waals surface area contributed by atoms with E-state index in [1.165, 1.54) is 8.96 Å². The molecule has 56 heavy (non-hydrogen) atoms. The minimum absolute atomic E-state index is 0.477. The minimum Gasteiger partial charge on any atom is -0.389 e. The Balaban J connectivity index is 1.50. The lowest BCUT2D eigenvalue weighted by molar-refractivity contribution is -0.358. The Labute approximate surface area is 325 Å². The Hall–Kier alpha value is -7.11. The van der Waals surface area contributed by atoms with Crippen molar-refractivity contribution in [3.05, 3.63) is 246 Å². The molecule has 266 valence electrons. The normalized spacial score (nSPS) is 14.5. The van der Waals surface area contributed by atoms with E-state index in [0.29, 0.717) is 33.9 Å². The average molecular weight is 725 g/mol. The molecule has 0 saturated heterocycles. The average Bonchev–Trinajstić information content (AvgIpc) is 3.82. The fraction of sp³-hybridized carbons (Fsp3) is 0. The van der Waals surface area contributed by atoms with Crippen LogP contribution in [0.5, 0.6) is 0 Å². The van der Waals surface area contributed by atoms with Gasteiger partial charge < -0.3 is 17.6 Å². The van der Waals surface area contributed by atoms with E-state index in [-0.39, 0.29) is 0 Å². The number of nitrogens with zero attached hydrogens (tertiary/aromatic N) is 2. The number of hydrogen-bond acceptors (Lipinski definition) is 0. The van der Waals surface area contributed by atoms with Crippen LogP contribution in [0.4, 0.5) is 8.63 Å². The number of aromatic nitrogens is 1. The predicted molar refractivity (Wildman–Crippen MR) is 227 cm³/mol. The summed E-state index contributed by atoms with van der Waals surface area (Å²) in [5.41, 5.74) is 11.5. The molecule has 5 heteroatoms. The third kappa shape index (κ3) is 5.27. The van der Waals surface area contributed by atoms with E-state index in [1.807, 2.05) is 200 Å². The Kier molecular flexibility index (Phi) is 8.15. The fourth-order valence-corrected chi connectivity index (χ4v) is 8.70. The molecule has 2 aliphatic rings. The van der Waals surface area contributed by atoms with Crippen molar-refractivity contribution >= 4 is 29.4 Å². The van der Waals surface area contributed by atoms with Gasteiger partial charge in [0, 0.05) is 28.1 Å². The smallest absolute Gasteiger partial charge is 0.389 e. The third-order valence-electron chi connectivity index (χ3n) is 10.9. The summed E-state index contributed by atoms with van der Waals surface area (Å²) in [6.07, 6.45) is 0. The van der Waals surface area contributed by atoms with Crippen LogP contribution in [0.25, 0.3) is 50.2 Å². The van der Waals surface area contributed by atoms with Gasteiger partial charge in [0.1, 0.15) is 0 Å². The molecule has 1 aromatic heterocycles. The van der Waals surface area contributed by atoms with Gasteiger partial charge in [-0.2, -0.15) is 0 Å². The van der Waals surface area contributed by atoms with E-state index in [4.69, 9.17) is 0 Å². The van der Waals surface area contributed by atoms with E-state index < -0.39 is 6.97 Å². The van der Waals surface area contributed by atoms with Gasteiger partial charge in [-0.3, -0.25) is 0 Å². The van der Waals surface area contributed by atoms with Crippen LogP contribution < -0.4 is 0 Å². The van der Waals surface area contributed by atoms with Crippen LogP contribution in [0.15, 0.2) is 218 Å². The van der Waals surface area contributed by atoms with Crippen molar-refractivity contribution in [1.82, 2.24) is 4.48 Å². The predicted octanol–water partition coefficient (Wildman–Crippen LogP) is 12.6. The highest BCUT2D eigenvalue weighted by molar-refractivity contribution is 6.61. The first kappa shape index (κ1) is 33.5. The second-order valence-corrected chi connectivity index (χ2v) is 14.2. The molecule has 0 spiro atoms. The molecular weight excluding hydrogens is 689 g/mol. The highest BCUT2D eigenvalue weighted by Gasteiger charge is 2.59. The lowest BCUT2D eigenvalue weighted by Gasteiger charge is -2.35. The highest BCUT2D eigenvalue weighted by Crippen LogP contribution is 2.56. The Bertz CT molecular complexity index is 2810. The number of hydrogen-bond donors (Lipinski definition) is 0. The second kappa shape index (κ2) is 13.6. The fourth-order valence-electron chi connectivity index (χ4n) is 8.70. The molecule has 0 fully saturated rings. The first-order valence-electron chi connectivity index (χ1n) is 19.0. The van der Waals surface area contributed by atoms with Crippen molar-refractivity contribution in [3.8, 4) is 33.5 Å². The van der Waals surface area contributed by atoms with Crippen molar-refractivity contribution in [3.63, 3.8) is 0 Å². The van der Waals surface area contributed by atoms with Gasteiger partial charge in [0.05, 0.1) is 16.7 Å². The van der Waals surface area contributed by atoms with Gasteiger partial charge in [0.2, 0.25) is 0 Å². The van der Waals surface area contributed by atoms with Crippen molar-refractivity contribution < 1.29 is 13.1 Å². The van der Waals surface area contributed by atoms with Crippen LogP contribution in [0.3, 0.4) is 0 Å². The molecule has 8 aromatic rings. The maximum absolute atomic E-state index is 19.2. The summed E-state index contributed by atoms with van der Waals surface area (Å²) in [4.78, 5) is 0. The lowest BCUT2D eigenvalue weighted by atomic mass is 9.81. The largest absolute Gasteiger partial charge is 0.738 e. The van der Waals surface area contributed by atoms with Crippen LogP contribution in [0, 0.1) is 0 Å². The molecule has 0 bridgehead atoms. The van der Waals surface area contributed by atoms with E-state index in [0.717, 1.165) is 55.7 Å². The van der Waals surface area contributed by atoms with E-state index in [2.05, 4.69) is 12.1 Å². The van der Waals surface area contributed by atoms with Gasteiger partial charge in [-0.1, -0.05) is 200 Å². The van der Waals surface area contributed by atoms with Crippen molar-refractivity contribution in [1.29, 1.82) is 0 Å². The van der Waals surface area contributed by atoms with Crippen LogP contribution in [0.2, 0.25) is 0 Å². The highest BCUT2D eigenvalue weighted by atomic mass is 19.2. The number of allylic oxidation sites excluding steroid dienone is 2. The zero-order valence-electron chi connectivity index (χ0n) is 30.4. The van der Waals surface area contributed by atoms with E-state index in [9.17, 15) is 0 Å². The minimum atomic E-state index is -4.59. The summed E-state index contributed by atoms with van der Waals surface area (Å²) in [5, 5.41) is 0. The van der Waals surface area contributed by atoms with Crippen molar-refractivity contribution in [2.75, 3.05) is 0 Å². The summed E-state index contributed by atoms with van der Waals surface area (Å²) < 4.78 is 41.2. The summed E-state index contributed by atoms with van der Waals surface area (Å²) >= 11 is 0. The van der Waals surface area contributed by atoms with Crippen LogP contribution in [0.1, 0.15) is 27.9 Å². The van der Waals surface area contributed by atoms with Crippen LogP contribution in [-0.4, -0.2) is 21.6 Å². The summed E-state index contributed by atoms with van der Waals surface area (Å²) in [6, 6.07) is 69.6. The monoisotopic (exact) mass is 724 g/mol. The Morgan fingerprint density at radius 2 is 0.643 bits per heavy atom. The molecular formula is C51H35BF2N2. The summed E-state index contributed by atoms with van der Waals surface area (Å²) in [5.74, 6) is 0. The standard InChI is InChI=1S/C51H35BF2N2/c53-52(54)55-48(41-32-18-6-19-33-41)43(36-22-8-1-9-23-36)45(38-26-12-3-13-27-38)50(55)47(40-30-16-5-17-31-40)51-46(39-28-14-4-15-29-39)44(37-24-10-2-11-25-37)49(56(51)52)42-34-20-7-21-35-42/h1-35H. The lowest BCUT2D eigenvalue weighted by Crippen LogP contribution is -2.52. The molecule has 0 amide bonds. The first-order chi connectivity index (χ1) is 27.6. The van der Waals surface area contributed by atoms with Gasteiger partial charge in [-0.25, -0.2) is 0 Å². The SMILES string of the molecule is F[B-]1(F)n2c(c(-c3ccccc3)c(-c3ccccc3)c2-c2ccccc2)C(c2ccccc2)=C2C(c3ccccc3)=C(c3ccccc3)C(c3ccccc3)=[N+]21. The maximum Gasteiger partial charge on any atom is 0.738 e. The summed E-state index contributed by atoms with van der Waals surface area (Å²) in [7, 11) is 0. The molecule has 7 aromatic carbocycles. The molecule has 2 aliphatic heterocycles. The topological polar surface area (TPSA) is 7.94 Å². The van der Waals surface area contributed by atoms with Gasteiger partial charge in [0.25, 0.3) is 0 Å². The second-order valence-electron chi connectivity index (χ2n) is 14.2. The molecule has 0 saturated carbocycles. The summed E-state index contributed by atoms with van der Waals surface area (Å²) in [6.45, 7) is -4.59. The Morgan fingerprint density at radius 1 is 0.321 bits per heavy atom. The third-order valence-corrected chi connectivity index (χ3v) is 10.9. The van der Waals surface area contributed by atoms with Gasteiger partial charge in [0.15, 0.2) is 11.4 Å². The molecule has 0 radical (unpaired) electrons. The molecule has 3 heterocycles. The van der Waals surface area contributed by atoms with Crippen molar-refractivity contribution in [2.24, 2.45) is 0 Å². The van der Waals surface area contributed by atoms with E-state index in [1.54, 1.807) is 0 Å². The molecule has 0 N–H and O–H groups in total. The number of halogens is 2. The number of fused-ring (bicyclic) bond motifs is 2. The molecule has 0 atom stereocenters. The maximum atomic E-state index is 19.2. The quantitative estimate of drug-likeness (QED) is 0.145. The zero-order chi connectivity index (χ0) is 37.6. The molecule has 2 nitrogen and oxygen atoms in total. The van der Waals surface area contributed by atoms with Gasteiger partial charge in [-0.05, 0) is 45.5 Å². The zero-order valence-corrected chi connectivity index (χ0v) is 30.4. The van der Waals surface area contributed by atoms with Crippen molar-refractivity contribution in [2.45, 2.75) is 0 Å². The molecule has 0 unspecified atom stereocenters. The number of rotatable bonds is 7. The van der Waals surface area contributed by atoms with Gasteiger partial charge >= 0.3 is 6.97 Å². The van der Waals surface area contributed by atoms with Gasteiger partial charge in [-0.15, -0.1) is 0 Å². The van der Waals surface area contributed by atoms with E-state index >= 15 is 8.63 Å². The molecule has 10 rings (SSSR count). The first-order valence-corrected chi connectivity index (χ1v) is 19.0.